The van der Waals surface area contributed by atoms with Gasteiger partial charge in [-0.1, -0.05) is 48.5 Å². The minimum absolute atomic E-state index is 0.375. The Kier molecular flexibility index (Phi) is 5.62. The number of amides is 2. The largest absolute Gasteiger partial charge is 0.323 e. The van der Waals surface area contributed by atoms with E-state index in [1.165, 1.54) is 0 Å². The predicted molar refractivity (Wildman–Crippen MR) is 105 cm³/mol. The zero-order valence-corrected chi connectivity index (χ0v) is 14.5. The summed E-state index contributed by atoms with van der Waals surface area (Å²) in [6.45, 7) is 0. The van der Waals surface area contributed by atoms with E-state index in [1.54, 1.807) is 24.3 Å². The molecule has 2 amide bonds. The molecule has 0 saturated carbocycles. The van der Waals surface area contributed by atoms with Gasteiger partial charge in [0.05, 0.1) is 5.69 Å². The first kappa shape index (κ1) is 17.7. The van der Waals surface area contributed by atoms with Crippen LogP contribution in [0.2, 0.25) is 0 Å². The summed E-state index contributed by atoms with van der Waals surface area (Å²) in [6.07, 6.45) is 0. The van der Waals surface area contributed by atoms with E-state index < -0.39 is 11.3 Å². The molecule has 3 aromatic carbocycles. The third-order valence-corrected chi connectivity index (χ3v) is 4.02. The fraction of sp³-hybridized carbons (Fsp3) is 0. The van der Waals surface area contributed by atoms with E-state index in [-0.39, 0.29) is 6.03 Å². The first-order valence-corrected chi connectivity index (χ1v) is 8.92. The molecule has 0 heterocycles. The molecule has 0 saturated heterocycles. The SMILES string of the molecule is O=C(Nc1ccc(NS(=O)O)cc1)Nc1ccccc1-c1ccccc1. The number of hydrogen-bond acceptors (Lipinski definition) is 2. The molecular weight excluding hydrogens is 350 g/mol. The van der Waals surface area contributed by atoms with Gasteiger partial charge in [-0.25, -0.2) is 9.00 Å². The van der Waals surface area contributed by atoms with E-state index in [0.29, 0.717) is 17.1 Å². The third kappa shape index (κ3) is 4.69. The summed E-state index contributed by atoms with van der Waals surface area (Å²) < 4.78 is 21.8. The normalized spacial score (nSPS) is 11.4. The van der Waals surface area contributed by atoms with Crippen LogP contribution >= 0.6 is 0 Å². The lowest BCUT2D eigenvalue weighted by Crippen LogP contribution is -2.19. The van der Waals surface area contributed by atoms with Crippen LogP contribution in [0.1, 0.15) is 0 Å². The third-order valence-electron chi connectivity index (χ3n) is 3.61. The molecule has 3 aromatic rings. The molecule has 0 aliphatic rings. The zero-order chi connectivity index (χ0) is 18.4. The van der Waals surface area contributed by atoms with Crippen LogP contribution in [-0.2, 0) is 11.3 Å². The fourth-order valence-corrected chi connectivity index (χ4v) is 2.81. The smallest absolute Gasteiger partial charge is 0.308 e. The van der Waals surface area contributed by atoms with Gasteiger partial charge in [-0.15, -0.1) is 0 Å². The topological polar surface area (TPSA) is 90.5 Å². The summed E-state index contributed by atoms with van der Waals surface area (Å²) in [4.78, 5) is 12.3. The summed E-state index contributed by atoms with van der Waals surface area (Å²) in [6, 6.07) is 23.5. The molecule has 0 radical (unpaired) electrons. The molecule has 26 heavy (non-hydrogen) atoms. The Labute approximate surface area is 153 Å². The summed E-state index contributed by atoms with van der Waals surface area (Å²) in [7, 11) is 0. The predicted octanol–water partition coefficient (Wildman–Crippen LogP) is 4.55. The molecule has 7 heteroatoms. The summed E-state index contributed by atoms with van der Waals surface area (Å²) in [5.74, 6) is 0. The number of carbonyl (C=O) groups excluding carboxylic acids is 1. The highest BCUT2D eigenvalue weighted by molar-refractivity contribution is 7.80. The highest BCUT2D eigenvalue weighted by Gasteiger charge is 2.08. The molecule has 1 unspecified atom stereocenters. The molecule has 0 aliphatic carbocycles. The molecule has 1 atom stereocenters. The van der Waals surface area contributed by atoms with Crippen molar-refractivity contribution in [1.29, 1.82) is 0 Å². The Hall–Kier alpha value is -3.16. The van der Waals surface area contributed by atoms with Gasteiger partial charge in [-0.05, 0) is 35.9 Å². The molecule has 4 N–H and O–H groups in total. The first-order chi connectivity index (χ1) is 12.6. The quantitative estimate of drug-likeness (QED) is 0.499. The number of benzene rings is 3. The van der Waals surface area contributed by atoms with E-state index in [4.69, 9.17) is 4.55 Å². The van der Waals surface area contributed by atoms with Crippen molar-refractivity contribution in [3.8, 4) is 11.1 Å². The van der Waals surface area contributed by atoms with Gasteiger partial charge in [0.15, 0.2) is 0 Å². The van der Waals surface area contributed by atoms with Crippen molar-refractivity contribution < 1.29 is 13.6 Å². The lowest BCUT2D eigenvalue weighted by atomic mass is 10.0. The van der Waals surface area contributed by atoms with Crippen LogP contribution in [-0.4, -0.2) is 14.8 Å². The fourth-order valence-electron chi connectivity index (χ4n) is 2.47. The summed E-state index contributed by atoms with van der Waals surface area (Å²) in [5, 5.41) is 5.58. The van der Waals surface area contributed by atoms with E-state index in [9.17, 15) is 9.00 Å². The molecule has 6 nitrogen and oxygen atoms in total. The number of hydrogen-bond donors (Lipinski definition) is 4. The van der Waals surface area contributed by atoms with Gasteiger partial charge in [0, 0.05) is 16.9 Å². The van der Waals surface area contributed by atoms with Gasteiger partial charge < -0.3 is 10.6 Å². The first-order valence-electron chi connectivity index (χ1n) is 7.82. The number of rotatable bonds is 5. The van der Waals surface area contributed by atoms with Gasteiger partial charge in [-0.3, -0.25) is 9.27 Å². The molecule has 0 fully saturated rings. The van der Waals surface area contributed by atoms with Crippen LogP contribution in [0, 0.1) is 0 Å². The van der Waals surface area contributed by atoms with Crippen LogP contribution in [0.15, 0.2) is 78.9 Å². The monoisotopic (exact) mass is 367 g/mol. The highest BCUT2D eigenvalue weighted by Crippen LogP contribution is 2.27. The minimum Gasteiger partial charge on any atom is -0.308 e. The minimum atomic E-state index is -2.13. The van der Waals surface area contributed by atoms with Crippen LogP contribution in [0.3, 0.4) is 0 Å². The van der Waals surface area contributed by atoms with Crippen molar-refractivity contribution in [1.82, 2.24) is 0 Å². The zero-order valence-electron chi connectivity index (χ0n) is 13.7. The van der Waals surface area contributed by atoms with Crippen molar-refractivity contribution in [2.45, 2.75) is 0 Å². The van der Waals surface area contributed by atoms with Crippen LogP contribution in [0.25, 0.3) is 11.1 Å². The number of urea groups is 1. The molecule has 132 valence electrons. The van der Waals surface area contributed by atoms with E-state index in [0.717, 1.165) is 11.1 Å². The average Bonchev–Trinajstić information content (AvgIpc) is 2.64. The lowest BCUT2D eigenvalue weighted by Gasteiger charge is -2.12. The highest BCUT2D eigenvalue weighted by atomic mass is 32.2. The maximum Gasteiger partial charge on any atom is 0.323 e. The maximum atomic E-state index is 12.3. The average molecular weight is 367 g/mol. The molecule has 0 bridgehead atoms. The molecule has 0 aliphatic heterocycles. The Morgan fingerprint density at radius 1 is 0.769 bits per heavy atom. The van der Waals surface area contributed by atoms with Gasteiger partial charge in [0.1, 0.15) is 0 Å². The Morgan fingerprint density at radius 3 is 2.08 bits per heavy atom. The van der Waals surface area contributed by atoms with Gasteiger partial charge in [0.2, 0.25) is 0 Å². The van der Waals surface area contributed by atoms with Crippen molar-refractivity contribution in [3.05, 3.63) is 78.9 Å². The van der Waals surface area contributed by atoms with Crippen molar-refractivity contribution >= 4 is 34.4 Å². The van der Waals surface area contributed by atoms with E-state index in [2.05, 4.69) is 15.4 Å². The number of carbonyl (C=O) groups is 1. The summed E-state index contributed by atoms with van der Waals surface area (Å²) >= 11 is -2.13. The molecular formula is C19H17N3O3S. The van der Waals surface area contributed by atoms with Crippen molar-refractivity contribution in [2.24, 2.45) is 0 Å². The standard InChI is InChI=1S/C19H17N3O3S/c23-19(20-15-10-12-16(13-11-15)22-26(24)25)21-18-9-5-4-8-17(18)14-6-2-1-3-7-14/h1-13,22H,(H,24,25)(H2,20,21,23). The number of para-hydroxylation sites is 1. The number of anilines is 3. The Bertz CT molecular complexity index is 915. The van der Waals surface area contributed by atoms with Crippen LogP contribution in [0.5, 0.6) is 0 Å². The second-order valence-electron chi connectivity index (χ2n) is 5.42. The van der Waals surface area contributed by atoms with E-state index in [1.807, 2.05) is 54.6 Å². The van der Waals surface area contributed by atoms with Gasteiger partial charge in [0.25, 0.3) is 11.3 Å². The van der Waals surface area contributed by atoms with Gasteiger partial charge in [-0.2, -0.15) is 0 Å². The van der Waals surface area contributed by atoms with Crippen molar-refractivity contribution in [3.63, 3.8) is 0 Å². The maximum absolute atomic E-state index is 12.3. The second-order valence-corrected chi connectivity index (χ2v) is 6.12. The van der Waals surface area contributed by atoms with Crippen molar-refractivity contribution in [2.75, 3.05) is 15.4 Å². The lowest BCUT2D eigenvalue weighted by molar-refractivity contribution is 0.262. The molecule has 0 aromatic heterocycles. The molecule has 0 spiro atoms. The van der Waals surface area contributed by atoms with E-state index >= 15 is 0 Å². The van der Waals surface area contributed by atoms with Gasteiger partial charge >= 0.3 is 6.03 Å². The Balaban J connectivity index is 1.70. The van der Waals surface area contributed by atoms with Crippen LogP contribution in [0.4, 0.5) is 21.9 Å². The Morgan fingerprint density at radius 2 is 1.38 bits per heavy atom. The second kappa shape index (κ2) is 8.28. The molecule has 3 rings (SSSR count). The summed E-state index contributed by atoms with van der Waals surface area (Å²) in [5.41, 5.74) is 3.68. The number of nitrogens with one attached hydrogen (secondary N) is 3. The van der Waals surface area contributed by atoms with Crippen LogP contribution < -0.4 is 15.4 Å².